The Balaban J connectivity index is 2.29. The number of sulfonamides is 1. The molecule has 9 heteroatoms. The number of halogens is 2. The fraction of sp³-hybridized carbons (Fsp3) is 0.100. The van der Waals surface area contributed by atoms with Crippen LogP contribution in [0.25, 0.3) is 0 Å². The molecule has 2 aromatic rings. The SMILES string of the molecule is Nc1cc(Br)c(F)c(S(=O)(=O)NCc2ccon2)c1. The summed E-state index contributed by atoms with van der Waals surface area (Å²) in [7, 11) is -4.03. The van der Waals surface area contributed by atoms with Crippen molar-refractivity contribution in [3.63, 3.8) is 0 Å². The van der Waals surface area contributed by atoms with Crippen LogP contribution in [-0.4, -0.2) is 13.6 Å². The fourth-order valence-electron chi connectivity index (χ4n) is 1.35. The van der Waals surface area contributed by atoms with Crippen molar-refractivity contribution in [3.05, 3.63) is 40.4 Å². The van der Waals surface area contributed by atoms with E-state index in [1.807, 2.05) is 0 Å². The van der Waals surface area contributed by atoms with Crippen LogP contribution in [-0.2, 0) is 16.6 Å². The maximum atomic E-state index is 13.8. The largest absolute Gasteiger partial charge is 0.399 e. The van der Waals surface area contributed by atoms with E-state index < -0.39 is 20.7 Å². The molecule has 0 amide bonds. The van der Waals surface area contributed by atoms with Gasteiger partial charge in [0.25, 0.3) is 0 Å². The molecule has 0 bridgehead atoms. The van der Waals surface area contributed by atoms with Crippen LogP contribution >= 0.6 is 15.9 Å². The molecule has 0 radical (unpaired) electrons. The number of nitrogens with one attached hydrogen (secondary N) is 1. The van der Waals surface area contributed by atoms with Gasteiger partial charge in [-0.2, -0.15) is 0 Å². The molecule has 0 aliphatic carbocycles. The average molecular weight is 350 g/mol. The Morgan fingerprint density at radius 2 is 2.21 bits per heavy atom. The first-order chi connectivity index (χ1) is 8.90. The summed E-state index contributed by atoms with van der Waals surface area (Å²) >= 11 is 2.90. The molecule has 102 valence electrons. The summed E-state index contributed by atoms with van der Waals surface area (Å²) in [5.74, 6) is -0.901. The van der Waals surface area contributed by atoms with Gasteiger partial charge in [0.2, 0.25) is 10.0 Å². The minimum Gasteiger partial charge on any atom is -0.399 e. The predicted octanol–water partition coefficient (Wildman–Crippen LogP) is 1.64. The maximum absolute atomic E-state index is 13.8. The third-order valence-corrected chi connectivity index (χ3v) is 4.22. The molecular formula is C10H9BrFN3O3S. The fourth-order valence-corrected chi connectivity index (χ4v) is 3.09. The van der Waals surface area contributed by atoms with Gasteiger partial charge < -0.3 is 10.3 Å². The van der Waals surface area contributed by atoms with Crippen LogP contribution in [0.3, 0.4) is 0 Å². The maximum Gasteiger partial charge on any atom is 0.243 e. The summed E-state index contributed by atoms with van der Waals surface area (Å²) in [5.41, 5.74) is 6.02. The van der Waals surface area contributed by atoms with Crippen molar-refractivity contribution in [2.45, 2.75) is 11.4 Å². The zero-order valence-corrected chi connectivity index (χ0v) is 11.8. The molecule has 2 rings (SSSR count). The molecule has 0 unspecified atom stereocenters. The second-order valence-corrected chi connectivity index (χ2v) is 6.22. The normalized spacial score (nSPS) is 11.7. The number of benzene rings is 1. The number of hydrogen-bond donors (Lipinski definition) is 2. The third kappa shape index (κ3) is 3.11. The van der Waals surface area contributed by atoms with Gasteiger partial charge in [0.15, 0.2) is 5.82 Å². The van der Waals surface area contributed by atoms with Gasteiger partial charge in [-0.25, -0.2) is 17.5 Å². The topological polar surface area (TPSA) is 98.2 Å². The van der Waals surface area contributed by atoms with E-state index in [9.17, 15) is 12.8 Å². The van der Waals surface area contributed by atoms with Crippen LogP contribution < -0.4 is 10.5 Å². The minimum atomic E-state index is -4.03. The van der Waals surface area contributed by atoms with E-state index in [0.717, 1.165) is 6.07 Å². The number of nitrogen functional groups attached to an aromatic ring is 1. The number of nitrogens with two attached hydrogens (primary N) is 1. The molecule has 3 N–H and O–H groups in total. The molecule has 0 fully saturated rings. The predicted molar refractivity (Wildman–Crippen MR) is 69.0 cm³/mol. The highest BCUT2D eigenvalue weighted by atomic mass is 79.9. The van der Waals surface area contributed by atoms with Crippen molar-refractivity contribution in [2.24, 2.45) is 0 Å². The van der Waals surface area contributed by atoms with Gasteiger partial charge in [-0.1, -0.05) is 5.16 Å². The molecule has 0 spiro atoms. The lowest BCUT2D eigenvalue weighted by Gasteiger charge is -2.08. The molecule has 0 saturated carbocycles. The second-order valence-electron chi connectivity index (χ2n) is 3.63. The van der Waals surface area contributed by atoms with Crippen LogP contribution in [0, 0.1) is 5.82 Å². The number of aromatic nitrogens is 1. The lowest BCUT2D eigenvalue weighted by atomic mass is 10.3. The quantitative estimate of drug-likeness (QED) is 0.817. The molecule has 19 heavy (non-hydrogen) atoms. The summed E-state index contributed by atoms with van der Waals surface area (Å²) in [5, 5.41) is 3.54. The van der Waals surface area contributed by atoms with E-state index in [1.165, 1.54) is 18.4 Å². The first kappa shape index (κ1) is 14.0. The van der Waals surface area contributed by atoms with Crippen LogP contribution in [0.2, 0.25) is 0 Å². The number of rotatable bonds is 4. The summed E-state index contributed by atoms with van der Waals surface area (Å²) in [6.45, 7) is -0.106. The highest BCUT2D eigenvalue weighted by Gasteiger charge is 2.21. The molecule has 0 atom stereocenters. The van der Waals surface area contributed by atoms with Crippen LogP contribution in [0.4, 0.5) is 10.1 Å². The lowest BCUT2D eigenvalue weighted by molar-refractivity contribution is 0.411. The first-order valence-corrected chi connectivity index (χ1v) is 7.31. The van der Waals surface area contributed by atoms with Crippen molar-refractivity contribution in [1.29, 1.82) is 0 Å². The van der Waals surface area contributed by atoms with E-state index in [2.05, 4.69) is 30.3 Å². The van der Waals surface area contributed by atoms with Crippen molar-refractivity contribution in [1.82, 2.24) is 9.88 Å². The molecule has 6 nitrogen and oxygen atoms in total. The smallest absolute Gasteiger partial charge is 0.243 e. The Bertz CT molecular complexity index is 688. The summed E-state index contributed by atoms with van der Waals surface area (Å²) in [6, 6.07) is 3.82. The number of nitrogens with zero attached hydrogens (tertiary/aromatic N) is 1. The molecule has 1 aromatic carbocycles. The molecular weight excluding hydrogens is 341 g/mol. The zero-order chi connectivity index (χ0) is 14.0. The summed E-state index contributed by atoms with van der Waals surface area (Å²) < 4.78 is 44.5. The van der Waals surface area contributed by atoms with Gasteiger partial charge in [0.05, 0.1) is 16.7 Å². The minimum absolute atomic E-state index is 0.0192. The van der Waals surface area contributed by atoms with Crippen molar-refractivity contribution in [2.75, 3.05) is 5.73 Å². The van der Waals surface area contributed by atoms with Gasteiger partial charge >= 0.3 is 0 Å². The molecule has 0 saturated heterocycles. The van der Waals surface area contributed by atoms with Crippen molar-refractivity contribution < 1.29 is 17.3 Å². The first-order valence-electron chi connectivity index (χ1n) is 5.03. The van der Waals surface area contributed by atoms with E-state index in [0.29, 0.717) is 5.69 Å². The van der Waals surface area contributed by atoms with Gasteiger partial charge in [-0.3, -0.25) is 0 Å². The van der Waals surface area contributed by atoms with Gasteiger partial charge in [0.1, 0.15) is 11.2 Å². The number of anilines is 1. The van der Waals surface area contributed by atoms with E-state index >= 15 is 0 Å². The molecule has 0 aliphatic rings. The van der Waals surface area contributed by atoms with Crippen LogP contribution in [0.5, 0.6) is 0 Å². The zero-order valence-electron chi connectivity index (χ0n) is 9.43. The standard InChI is InChI=1S/C10H9BrFN3O3S/c11-8-3-6(13)4-9(10(8)12)19(16,17)14-5-7-1-2-18-15-7/h1-4,14H,5,13H2. The van der Waals surface area contributed by atoms with Crippen LogP contribution in [0.1, 0.15) is 5.69 Å². The average Bonchev–Trinajstić information content (AvgIpc) is 2.84. The summed E-state index contributed by atoms with van der Waals surface area (Å²) in [4.78, 5) is -0.525. The molecule has 0 aliphatic heterocycles. The van der Waals surface area contributed by atoms with E-state index in [1.54, 1.807) is 0 Å². The van der Waals surface area contributed by atoms with Gasteiger partial charge in [-0.05, 0) is 28.1 Å². The Labute approximate surface area is 117 Å². The van der Waals surface area contributed by atoms with Gasteiger partial charge in [-0.15, -0.1) is 0 Å². The number of hydrogen-bond acceptors (Lipinski definition) is 5. The molecule has 1 aromatic heterocycles. The van der Waals surface area contributed by atoms with Gasteiger partial charge in [0, 0.05) is 11.8 Å². The third-order valence-electron chi connectivity index (χ3n) is 2.24. The van der Waals surface area contributed by atoms with E-state index in [4.69, 9.17) is 5.73 Å². The Morgan fingerprint density at radius 1 is 1.47 bits per heavy atom. The summed E-state index contributed by atoms with van der Waals surface area (Å²) in [6.07, 6.45) is 1.31. The Kier molecular flexibility index (Phi) is 3.88. The Morgan fingerprint density at radius 3 is 2.84 bits per heavy atom. The lowest BCUT2D eigenvalue weighted by Crippen LogP contribution is -2.24. The highest BCUT2D eigenvalue weighted by molar-refractivity contribution is 9.10. The van der Waals surface area contributed by atoms with E-state index in [-0.39, 0.29) is 16.7 Å². The van der Waals surface area contributed by atoms with Crippen molar-refractivity contribution in [3.8, 4) is 0 Å². The monoisotopic (exact) mass is 349 g/mol. The Hall–Kier alpha value is -1.45. The highest BCUT2D eigenvalue weighted by Crippen LogP contribution is 2.26. The van der Waals surface area contributed by atoms with Crippen LogP contribution in [0.15, 0.2) is 38.4 Å². The second kappa shape index (κ2) is 5.27. The van der Waals surface area contributed by atoms with Crippen molar-refractivity contribution >= 4 is 31.6 Å². The molecule has 1 heterocycles.